The van der Waals surface area contributed by atoms with Crippen molar-refractivity contribution in [2.45, 2.75) is 84.8 Å². The van der Waals surface area contributed by atoms with Crippen LogP contribution in [0.25, 0.3) is 21.9 Å². The average Bonchev–Trinajstić information content (AvgIpc) is 3.60. The van der Waals surface area contributed by atoms with Crippen LogP contribution in [0.4, 0.5) is 4.79 Å². The van der Waals surface area contributed by atoms with Gasteiger partial charge in [0.25, 0.3) is 0 Å². The lowest BCUT2D eigenvalue weighted by atomic mass is 9.89. The summed E-state index contributed by atoms with van der Waals surface area (Å²) in [6.45, 7) is 16.9. The summed E-state index contributed by atoms with van der Waals surface area (Å²) in [6.07, 6.45) is 1.14. The van der Waals surface area contributed by atoms with Gasteiger partial charge in [-0.05, 0) is 82.1 Å². The van der Waals surface area contributed by atoms with Gasteiger partial charge in [-0.15, -0.1) is 0 Å². The molecule has 5 rings (SSSR count). The summed E-state index contributed by atoms with van der Waals surface area (Å²) in [5.41, 5.74) is 2.13. The number of benzene rings is 3. The van der Waals surface area contributed by atoms with E-state index in [-0.39, 0.29) is 13.3 Å². The predicted octanol–water partition coefficient (Wildman–Crippen LogP) is 8.10. The number of carbonyl (C=O) groups excluding carboxylic acids is 1. The largest absolute Gasteiger partial charge is 0.488 e. The Kier molecular flexibility index (Phi) is 9.37. The SMILES string of the molecule is Cc1cc(OCc2ccccc2)c(C(C)(O)c2nc3cc(C#N)ccc3n2COCC[Si](C)(C)C)c2ccn(C(=O)OC(C)(C)C)c12. The molecular weight excluding hydrogens is 609 g/mol. The number of ether oxygens (including phenoxy) is 3. The second kappa shape index (κ2) is 13.0. The highest BCUT2D eigenvalue weighted by molar-refractivity contribution is 6.76. The minimum absolute atomic E-state index is 0.159. The van der Waals surface area contributed by atoms with Gasteiger partial charge in [-0.25, -0.2) is 9.78 Å². The van der Waals surface area contributed by atoms with Gasteiger partial charge in [-0.3, -0.25) is 4.57 Å². The van der Waals surface area contributed by atoms with E-state index in [1.807, 2.05) is 74.7 Å². The van der Waals surface area contributed by atoms with Gasteiger partial charge in [0.15, 0.2) is 0 Å². The van der Waals surface area contributed by atoms with E-state index in [1.54, 1.807) is 31.3 Å². The first-order chi connectivity index (χ1) is 22.1. The Hall–Kier alpha value is -4.43. The van der Waals surface area contributed by atoms with Crippen LogP contribution in [-0.2, 0) is 28.4 Å². The third-order valence-electron chi connectivity index (χ3n) is 7.97. The molecule has 0 fully saturated rings. The second-order valence-electron chi connectivity index (χ2n) is 14.4. The molecule has 5 aromatic rings. The number of aromatic nitrogens is 3. The van der Waals surface area contributed by atoms with E-state index in [0.29, 0.717) is 45.7 Å². The van der Waals surface area contributed by atoms with Crippen molar-refractivity contribution in [1.29, 1.82) is 5.26 Å². The van der Waals surface area contributed by atoms with Crippen molar-refractivity contribution in [3.8, 4) is 11.8 Å². The van der Waals surface area contributed by atoms with Gasteiger partial charge >= 0.3 is 6.09 Å². The molecule has 2 heterocycles. The van der Waals surface area contributed by atoms with Crippen molar-refractivity contribution >= 4 is 36.1 Å². The first-order valence-electron chi connectivity index (χ1n) is 15.9. The first-order valence-corrected chi connectivity index (χ1v) is 19.6. The maximum atomic E-state index is 13.4. The smallest absolute Gasteiger partial charge is 0.419 e. The highest BCUT2D eigenvalue weighted by Crippen LogP contribution is 2.43. The number of nitriles is 1. The number of hydrogen-bond acceptors (Lipinski definition) is 7. The van der Waals surface area contributed by atoms with Crippen molar-refractivity contribution in [3.05, 3.63) is 94.9 Å². The summed E-state index contributed by atoms with van der Waals surface area (Å²) < 4.78 is 21.7. The molecule has 246 valence electrons. The van der Waals surface area contributed by atoms with E-state index < -0.39 is 25.4 Å². The van der Waals surface area contributed by atoms with Crippen molar-refractivity contribution in [2.24, 2.45) is 0 Å². The van der Waals surface area contributed by atoms with Gasteiger partial charge in [0, 0.05) is 31.8 Å². The summed E-state index contributed by atoms with van der Waals surface area (Å²) in [5.74, 6) is 0.789. The lowest BCUT2D eigenvalue weighted by Crippen LogP contribution is -2.30. The van der Waals surface area contributed by atoms with E-state index in [1.165, 1.54) is 4.57 Å². The highest BCUT2D eigenvalue weighted by Gasteiger charge is 2.38. The minimum atomic E-state index is -1.73. The van der Waals surface area contributed by atoms with Gasteiger partial charge in [-0.1, -0.05) is 50.0 Å². The molecule has 10 heteroatoms. The lowest BCUT2D eigenvalue weighted by Gasteiger charge is -2.28. The second-order valence-corrected chi connectivity index (χ2v) is 20.0. The van der Waals surface area contributed by atoms with Crippen molar-refractivity contribution in [3.63, 3.8) is 0 Å². The molecule has 1 atom stereocenters. The van der Waals surface area contributed by atoms with Crippen molar-refractivity contribution < 1.29 is 24.1 Å². The lowest BCUT2D eigenvalue weighted by molar-refractivity contribution is 0.0540. The van der Waals surface area contributed by atoms with Crippen LogP contribution >= 0.6 is 0 Å². The third-order valence-corrected chi connectivity index (χ3v) is 9.67. The molecule has 0 amide bonds. The summed E-state index contributed by atoms with van der Waals surface area (Å²) in [6, 6.07) is 21.9. The molecule has 9 nitrogen and oxygen atoms in total. The van der Waals surface area contributed by atoms with E-state index in [2.05, 4.69) is 25.7 Å². The summed E-state index contributed by atoms with van der Waals surface area (Å²) >= 11 is 0. The Morgan fingerprint density at radius 1 is 1.04 bits per heavy atom. The molecule has 2 aromatic heterocycles. The van der Waals surface area contributed by atoms with Crippen LogP contribution in [0, 0.1) is 18.3 Å². The zero-order valence-corrected chi connectivity index (χ0v) is 29.5. The van der Waals surface area contributed by atoms with Crippen LogP contribution in [0.3, 0.4) is 0 Å². The number of rotatable bonds is 10. The Morgan fingerprint density at radius 3 is 2.43 bits per heavy atom. The van der Waals surface area contributed by atoms with Crippen LogP contribution in [-0.4, -0.2) is 45.6 Å². The fourth-order valence-electron chi connectivity index (χ4n) is 5.67. The molecule has 0 saturated heterocycles. The van der Waals surface area contributed by atoms with Crippen molar-refractivity contribution in [1.82, 2.24) is 14.1 Å². The number of nitrogens with zero attached hydrogens (tertiary/aromatic N) is 4. The molecule has 0 bridgehead atoms. The Labute approximate surface area is 277 Å². The maximum absolute atomic E-state index is 13.4. The number of imidazole rings is 1. The minimum Gasteiger partial charge on any atom is -0.488 e. The molecule has 0 aliphatic carbocycles. The highest BCUT2D eigenvalue weighted by atomic mass is 28.3. The Morgan fingerprint density at radius 2 is 1.77 bits per heavy atom. The molecular formula is C37H44N4O5Si. The van der Waals surface area contributed by atoms with Gasteiger partial charge in [0.1, 0.15) is 36.1 Å². The molecule has 1 N–H and O–H groups in total. The molecule has 47 heavy (non-hydrogen) atoms. The average molecular weight is 653 g/mol. The van der Waals surface area contributed by atoms with E-state index >= 15 is 0 Å². The number of hydrogen-bond donors (Lipinski definition) is 1. The number of fused-ring (bicyclic) bond motifs is 2. The molecule has 0 radical (unpaired) electrons. The standard InChI is InChI=1S/C37H44N4O5Si/c1-25-20-31(45-23-26-12-10-9-11-13-26)32(28-16-17-40(33(25)28)35(42)46-36(2,3)4)37(5,43)34-39-29-21-27(22-38)14-15-30(29)41(34)24-44-18-19-47(6,7)8/h9-17,20-21,43H,18-19,23-24H2,1-8H3. The molecule has 0 aliphatic rings. The fraction of sp³-hybridized carbons (Fsp3) is 0.378. The topological polar surface area (TPSA) is 112 Å². The van der Waals surface area contributed by atoms with Gasteiger partial charge in [0.2, 0.25) is 0 Å². The Bertz CT molecular complexity index is 1960. The monoisotopic (exact) mass is 652 g/mol. The Balaban J connectivity index is 1.70. The normalized spacial score (nSPS) is 13.4. The van der Waals surface area contributed by atoms with Crippen molar-refractivity contribution in [2.75, 3.05) is 6.61 Å². The number of aliphatic hydroxyl groups is 1. The number of carbonyl (C=O) groups is 1. The van der Waals surface area contributed by atoms with Gasteiger partial charge < -0.3 is 23.9 Å². The van der Waals surface area contributed by atoms with Gasteiger partial charge in [-0.2, -0.15) is 5.26 Å². The predicted molar refractivity (Wildman–Crippen MR) is 186 cm³/mol. The van der Waals surface area contributed by atoms with E-state index in [9.17, 15) is 15.2 Å². The van der Waals surface area contributed by atoms with Crippen LogP contribution < -0.4 is 4.74 Å². The quantitative estimate of drug-likeness (QED) is 0.120. The first kappa shape index (κ1) is 33.9. The van der Waals surface area contributed by atoms with E-state index in [0.717, 1.165) is 22.7 Å². The number of aryl methyl sites for hydroxylation is 1. The fourth-order valence-corrected chi connectivity index (χ4v) is 6.43. The van der Waals surface area contributed by atoms with Crippen LogP contribution in [0.15, 0.2) is 66.9 Å². The summed E-state index contributed by atoms with van der Waals surface area (Å²) in [5, 5.41) is 23.0. The zero-order valence-electron chi connectivity index (χ0n) is 28.5. The summed E-state index contributed by atoms with van der Waals surface area (Å²) in [7, 11) is -1.34. The molecule has 1 unspecified atom stereocenters. The van der Waals surface area contributed by atoms with Crippen LogP contribution in [0.1, 0.15) is 55.8 Å². The van der Waals surface area contributed by atoms with Gasteiger partial charge in [0.05, 0.1) is 28.2 Å². The summed E-state index contributed by atoms with van der Waals surface area (Å²) in [4.78, 5) is 18.3. The van der Waals surface area contributed by atoms with Crippen LogP contribution in [0.2, 0.25) is 25.7 Å². The molecule has 0 aliphatic heterocycles. The third kappa shape index (κ3) is 7.43. The molecule has 0 spiro atoms. The zero-order chi connectivity index (χ0) is 34.1. The molecule has 0 saturated carbocycles. The van der Waals surface area contributed by atoms with Crippen LogP contribution in [0.5, 0.6) is 5.75 Å². The van der Waals surface area contributed by atoms with E-state index in [4.69, 9.17) is 19.2 Å². The maximum Gasteiger partial charge on any atom is 0.419 e. The molecule has 3 aromatic carbocycles.